The predicted octanol–water partition coefficient (Wildman–Crippen LogP) is 3.06. The van der Waals surface area contributed by atoms with Gasteiger partial charge >= 0.3 is 11.6 Å². The minimum atomic E-state index is -1.02. The number of para-hydroxylation sites is 2. The third-order valence-electron chi connectivity index (χ3n) is 5.97. The molecule has 1 aliphatic heterocycles. The maximum Gasteiger partial charge on any atom is 0.343 e. The van der Waals surface area contributed by atoms with Crippen LogP contribution in [0.25, 0.3) is 21.9 Å². The van der Waals surface area contributed by atoms with Crippen molar-refractivity contribution in [3.05, 3.63) is 86.0 Å². The van der Waals surface area contributed by atoms with Gasteiger partial charge in [-0.15, -0.1) is 0 Å². The van der Waals surface area contributed by atoms with E-state index in [-0.39, 0.29) is 34.4 Å². The van der Waals surface area contributed by atoms with E-state index in [1.165, 1.54) is 7.11 Å². The Morgan fingerprint density at radius 2 is 2.00 bits per heavy atom. The molecule has 1 aliphatic rings. The Morgan fingerprint density at radius 1 is 1.19 bits per heavy atom. The number of esters is 1. The lowest BCUT2D eigenvalue weighted by molar-refractivity contribution is -0.140. The zero-order valence-corrected chi connectivity index (χ0v) is 16.8. The number of fused-ring (bicyclic) bond motifs is 1. The minimum Gasteiger partial charge on any atom is -0.507 e. The smallest absolute Gasteiger partial charge is 0.343 e. The van der Waals surface area contributed by atoms with Gasteiger partial charge in [0.25, 0.3) is 5.56 Å². The fraction of sp³-hybridized carbons (Fsp3) is 0.208. The van der Waals surface area contributed by atoms with Crippen molar-refractivity contribution in [3.8, 4) is 5.75 Å². The first-order valence-electron chi connectivity index (χ1n) is 9.96. The van der Waals surface area contributed by atoms with Gasteiger partial charge in [0, 0.05) is 18.0 Å². The standard InChI is InChI=1S/C24H19NO6/c1-30-19(26)12-16(20-22(27)15-7-2-3-8-18(15)31-24(20)29)17-11-14-6-4-5-13-9-10-25(21(13)14)23(17)28/h2-8,11,16,27H,9-10,12H2,1H3/t16-/m0/s1. The number of carbonyl (C=O) groups excluding carboxylic acids is 1. The number of hydrogen-bond acceptors (Lipinski definition) is 6. The van der Waals surface area contributed by atoms with Gasteiger partial charge in [0.1, 0.15) is 11.3 Å². The summed E-state index contributed by atoms with van der Waals surface area (Å²) in [4.78, 5) is 38.6. The molecule has 7 nitrogen and oxygen atoms in total. The topological polar surface area (TPSA) is 98.7 Å². The van der Waals surface area contributed by atoms with E-state index in [1.807, 2.05) is 18.2 Å². The number of aryl methyl sites for hydroxylation is 2. The van der Waals surface area contributed by atoms with Crippen LogP contribution in [0.1, 0.15) is 29.0 Å². The van der Waals surface area contributed by atoms with Gasteiger partial charge in [-0.2, -0.15) is 0 Å². The molecule has 0 aliphatic carbocycles. The van der Waals surface area contributed by atoms with Crippen LogP contribution in [0.15, 0.2) is 62.5 Å². The summed E-state index contributed by atoms with van der Waals surface area (Å²) in [6, 6.07) is 14.1. The molecule has 0 saturated carbocycles. The van der Waals surface area contributed by atoms with E-state index < -0.39 is 17.5 Å². The van der Waals surface area contributed by atoms with E-state index in [4.69, 9.17) is 9.15 Å². The molecule has 4 aromatic rings. The van der Waals surface area contributed by atoms with Crippen molar-refractivity contribution in [2.24, 2.45) is 0 Å². The summed E-state index contributed by atoms with van der Waals surface area (Å²) in [5.74, 6) is -1.92. The molecule has 1 N–H and O–H groups in total. The fourth-order valence-corrected chi connectivity index (χ4v) is 4.51. The van der Waals surface area contributed by atoms with Crippen LogP contribution in [0.2, 0.25) is 0 Å². The molecule has 1 atom stereocenters. The predicted molar refractivity (Wildman–Crippen MR) is 115 cm³/mol. The third-order valence-corrected chi connectivity index (χ3v) is 5.97. The molecule has 0 unspecified atom stereocenters. The minimum absolute atomic E-state index is 0.123. The van der Waals surface area contributed by atoms with Gasteiger partial charge in [-0.3, -0.25) is 9.59 Å². The lowest BCUT2D eigenvalue weighted by Gasteiger charge is -2.18. The molecule has 0 amide bonds. The first-order chi connectivity index (χ1) is 15.0. The Morgan fingerprint density at radius 3 is 2.81 bits per heavy atom. The lowest BCUT2D eigenvalue weighted by Crippen LogP contribution is -2.28. The highest BCUT2D eigenvalue weighted by molar-refractivity contribution is 5.86. The number of rotatable bonds is 4. The Balaban J connectivity index is 1.81. The maximum atomic E-state index is 13.4. The zero-order chi connectivity index (χ0) is 21.7. The SMILES string of the molecule is COC(=O)C[C@H](c1c(O)c2ccccc2oc1=O)c1cc2cccc3c2n(c1=O)CC3. The second-order valence-corrected chi connectivity index (χ2v) is 7.64. The summed E-state index contributed by atoms with van der Waals surface area (Å²) in [5, 5.41) is 12.1. The zero-order valence-electron chi connectivity index (χ0n) is 16.8. The highest BCUT2D eigenvalue weighted by Gasteiger charge is 2.31. The maximum absolute atomic E-state index is 13.4. The molecule has 5 rings (SSSR count). The normalized spacial score (nSPS) is 13.6. The number of aromatic nitrogens is 1. The Labute approximate surface area is 176 Å². The number of ether oxygens (including phenoxy) is 1. The van der Waals surface area contributed by atoms with Crippen LogP contribution in [0.4, 0.5) is 0 Å². The first-order valence-corrected chi connectivity index (χ1v) is 9.96. The number of methoxy groups -OCH3 is 1. The molecule has 156 valence electrons. The van der Waals surface area contributed by atoms with E-state index in [9.17, 15) is 19.5 Å². The number of pyridine rings is 1. The molecule has 2 aromatic heterocycles. The van der Waals surface area contributed by atoms with Crippen molar-refractivity contribution >= 4 is 27.8 Å². The summed E-state index contributed by atoms with van der Waals surface area (Å²) in [5.41, 5.74) is 1.21. The summed E-state index contributed by atoms with van der Waals surface area (Å²) < 4.78 is 11.9. The van der Waals surface area contributed by atoms with Crippen LogP contribution >= 0.6 is 0 Å². The van der Waals surface area contributed by atoms with E-state index in [0.717, 1.165) is 22.9 Å². The number of carbonyl (C=O) groups is 1. The van der Waals surface area contributed by atoms with Crippen molar-refractivity contribution in [1.29, 1.82) is 0 Å². The summed E-state index contributed by atoms with van der Waals surface area (Å²) in [7, 11) is 1.24. The van der Waals surface area contributed by atoms with Gasteiger partial charge in [-0.05, 0) is 35.6 Å². The summed E-state index contributed by atoms with van der Waals surface area (Å²) in [6.45, 7) is 0.520. The Hall–Kier alpha value is -3.87. The molecule has 0 radical (unpaired) electrons. The van der Waals surface area contributed by atoms with Crippen LogP contribution in [-0.2, 0) is 22.5 Å². The van der Waals surface area contributed by atoms with Gasteiger partial charge < -0.3 is 18.8 Å². The van der Waals surface area contributed by atoms with Crippen molar-refractivity contribution < 1.29 is 19.1 Å². The summed E-state index contributed by atoms with van der Waals surface area (Å²) >= 11 is 0. The third kappa shape index (κ3) is 2.92. The average molecular weight is 417 g/mol. The molecule has 0 spiro atoms. The van der Waals surface area contributed by atoms with Crippen LogP contribution in [0.3, 0.4) is 0 Å². The first kappa shape index (κ1) is 19.1. The molecule has 2 aromatic carbocycles. The highest BCUT2D eigenvalue weighted by atomic mass is 16.5. The molecule has 7 heteroatoms. The van der Waals surface area contributed by atoms with E-state index in [2.05, 4.69) is 0 Å². The fourth-order valence-electron chi connectivity index (χ4n) is 4.51. The van der Waals surface area contributed by atoms with Crippen LogP contribution in [-0.4, -0.2) is 22.8 Å². The van der Waals surface area contributed by atoms with Crippen LogP contribution < -0.4 is 11.2 Å². The quantitative estimate of drug-likeness (QED) is 0.405. The van der Waals surface area contributed by atoms with Crippen LogP contribution in [0, 0.1) is 0 Å². The van der Waals surface area contributed by atoms with Crippen LogP contribution in [0.5, 0.6) is 5.75 Å². The monoisotopic (exact) mass is 417 g/mol. The lowest BCUT2D eigenvalue weighted by atomic mass is 9.88. The van der Waals surface area contributed by atoms with Crippen molar-refractivity contribution in [3.63, 3.8) is 0 Å². The van der Waals surface area contributed by atoms with Gasteiger partial charge in [0.15, 0.2) is 0 Å². The number of hydrogen-bond donors (Lipinski definition) is 1. The van der Waals surface area contributed by atoms with Crippen molar-refractivity contribution in [1.82, 2.24) is 4.57 Å². The van der Waals surface area contributed by atoms with E-state index in [1.54, 1.807) is 34.9 Å². The van der Waals surface area contributed by atoms with Gasteiger partial charge in [-0.1, -0.05) is 30.3 Å². The molecule has 3 heterocycles. The molecule has 0 fully saturated rings. The van der Waals surface area contributed by atoms with E-state index >= 15 is 0 Å². The number of nitrogens with zero attached hydrogens (tertiary/aromatic N) is 1. The molecule has 0 bridgehead atoms. The Kier molecular flexibility index (Phi) is 4.39. The molecule has 31 heavy (non-hydrogen) atoms. The summed E-state index contributed by atoms with van der Waals surface area (Å²) in [6.07, 6.45) is 0.453. The van der Waals surface area contributed by atoms with Crippen molar-refractivity contribution in [2.45, 2.75) is 25.3 Å². The van der Waals surface area contributed by atoms with Gasteiger partial charge in [0.2, 0.25) is 0 Å². The average Bonchev–Trinajstić information content (AvgIpc) is 3.21. The number of aromatic hydroxyl groups is 1. The van der Waals surface area contributed by atoms with E-state index in [0.29, 0.717) is 11.9 Å². The number of benzene rings is 2. The van der Waals surface area contributed by atoms with Gasteiger partial charge in [0.05, 0.1) is 30.0 Å². The largest absolute Gasteiger partial charge is 0.507 e. The molecular weight excluding hydrogens is 398 g/mol. The molecule has 0 saturated heterocycles. The second-order valence-electron chi connectivity index (χ2n) is 7.64. The van der Waals surface area contributed by atoms with Crippen molar-refractivity contribution in [2.75, 3.05) is 7.11 Å². The molecular formula is C24H19NO6. The second kappa shape index (κ2) is 7.12. The van der Waals surface area contributed by atoms with Gasteiger partial charge in [-0.25, -0.2) is 4.79 Å². The Bertz CT molecular complexity index is 1480. The highest BCUT2D eigenvalue weighted by Crippen LogP contribution is 2.36.